The molecule has 1 amide bonds. The molecule has 104 valence electrons. The molecule has 4 heteroatoms. The Labute approximate surface area is 123 Å². The lowest BCUT2D eigenvalue weighted by molar-refractivity contribution is -0.125. The molecule has 0 aromatic heterocycles. The summed E-state index contributed by atoms with van der Waals surface area (Å²) in [5, 5.41) is 3.05. The number of hydrogen-bond donors (Lipinski definition) is 2. The second kappa shape index (κ2) is 5.53. The van der Waals surface area contributed by atoms with Crippen LogP contribution >= 0.6 is 15.9 Å². The van der Waals surface area contributed by atoms with E-state index in [4.69, 9.17) is 5.73 Å². The van der Waals surface area contributed by atoms with Crippen LogP contribution in [-0.4, -0.2) is 5.91 Å². The maximum atomic E-state index is 12.6. The number of anilines is 2. The van der Waals surface area contributed by atoms with Crippen molar-refractivity contribution in [2.45, 2.75) is 46.0 Å². The molecule has 2 rings (SSSR count). The molecule has 0 saturated heterocycles. The first kappa shape index (κ1) is 14.4. The van der Waals surface area contributed by atoms with Crippen molar-refractivity contribution in [1.29, 1.82) is 0 Å². The Hall–Kier alpha value is -1.03. The Morgan fingerprint density at radius 2 is 2.05 bits per heavy atom. The molecule has 1 aliphatic rings. The van der Waals surface area contributed by atoms with Gasteiger partial charge in [-0.25, -0.2) is 0 Å². The van der Waals surface area contributed by atoms with Gasteiger partial charge in [-0.05, 0) is 43.9 Å². The van der Waals surface area contributed by atoms with Crippen LogP contribution < -0.4 is 11.1 Å². The minimum Gasteiger partial charge on any atom is -0.397 e. The van der Waals surface area contributed by atoms with E-state index in [1.165, 1.54) is 0 Å². The summed E-state index contributed by atoms with van der Waals surface area (Å²) in [5.41, 5.74) is 8.18. The highest BCUT2D eigenvalue weighted by atomic mass is 79.9. The number of aryl methyl sites for hydroxylation is 1. The minimum atomic E-state index is -0.189. The first-order chi connectivity index (χ1) is 8.98. The molecule has 19 heavy (non-hydrogen) atoms. The largest absolute Gasteiger partial charge is 0.397 e. The number of carbonyl (C=O) groups excluding carboxylic acids is 1. The van der Waals surface area contributed by atoms with Crippen LogP contribution in [0.4, 0.5) is 11.4 Å². The average molecular weight is 325 g/mol. The Kier molecular flexibility index (Phi) is 4.19. The standard InChI is InChI=1S/C15H21BrN2O/c1-3-15(6-4-5-7-15)14(19)18-13-10(2)8-11(16)9-12(13)17/h8-9H,3-7,17H2,1-2H3,(H,18,19). The molecule has 1 fully saturated rings. The van der Waals surface area contributed by atoms with E-state index in [9.17, 15) is 4.79 Å². The molecular formula is C15H21BrN2O. The van der Waals surface area contributed by atoms with E-state index in [0.29, 0.717) is 5.69 Å². The van der Waals surface area contributed by atoms with Crippen LogP contribution in [0.25, 0.3) is 0 Å². The van der Waals surface area contributed by atoms with Crippen molar-refractivity contribution in [3.05, 3.63) is 22.2 Å². The van der Waals surface area contributed by atoms with Gasteiger partial charge >= 0.3 is 0 Å². The maximum absolute atomic E-state index is 12.6. The fourth-order valence-corrected chi connectivity index (χ4v) is 3.57. The highest BCUT2D eigenvalue weighted by Crippen LogP contribution is 2.42. The summed E-state index contributed by atoms with van der Waals surface area (Å²) >= 11 is 3.41. The molecule has 1 aromatic carbocycles. The van der Waals surface area contributed by atoms with Crippen LogP contribution in [0.3, 0.4) is 0 Å². The normalized spacial score (nSPS) is 17.4. The second-order valence-electron chi connectivity index (χ2n) is 5.48. The lowest BCUT2D eigenvalue weighted by Gasteiger charge is -2.27. The third-order valence-corrected chi connectivity index (χ3v) is 4.75. The summed E-state index contributed by atoms with van der Waals surface area (Å²) in [6.45, 7) is 4.06. The topological polar surface area (TPSA) is 55.1 Å². The van der Waals surface area contributed by atoms with Gasteiger partial charge in [0.2, 0.25) is 5.91 Å². The summed E-state index contributed by atoms with van der Waals surface area (Å²) < 4.78 is 0.937. The number of hydrogen-bond acceptors (Lipinski definition) is 2. The zero-order valence-electron chi connectivity index (χ0n) is 11.6. The Bertz CT molecular complexity index is 470. The van der Waals surface area contributed by atoms with Crippen LogP contribution in [0.5, 0.6) is 0 Å². The summed E-state index contributed by atoms with van der Waals surface area (Å²) in [6.07, 6.45) is 5.18. The number of halogens is 1. The SMILES string of the molecule is CCC1(C(=O)Nc2c(C)cc(Br)cc2N)CCCC1. The van der Waals surface area contributed by atoms with Gasteiger partial charge in [-0.1, -0.05) is 35.7 Å². The highest BCUT2D eigenvalue weighted by Gasteiger charge is 2.39. The molecule has 0 radical (unpaired) electrons. The minimum absolute atomic E-state index is 0.129. The predicted molar refractivity (Wildman–Crippen MR) is 83.1 cm³/mol. The summed E-state index contributed by atoms with van der Waals surface area (Å²) in [4.78, 5) is 12.6. The van der Waals surface area contributed by atoms with Crippen molar-refractivity contribution in [1.82, 2.24) is 0 Å². The number of amides is 1. The van der Waals surface area contributed by atoms with Gasteiger partial charge in [0, 0.05) is 9.89 Å². The van der Waals surface area contributed by atoms with Crippen molar-refractivity contribution >= 4 is 33.2 Å². The Balaban J connectivity index is 2.24. The third-order valence-electron chi connectivity index (χ3n) is 4.29. The quantitative estimate of drug-likeness (QED) is 0.816. The van der Waals surface area contributed by atoms with E-state index in [2.05, 4.69) is 28.2 Å². The number of rotatable bonds is 3. The predicted octanol–water partition coefficient (Wildman–Crippen LogP) is 4.25. The molecule has 0 spiro atoms. The summed E-state index contributed by atoms with van der Waals surface area (Å²) in [5.74, 6) is 0.129. The van der Waals surface area contributed by atoms with Crippen LogP contribution in [0.15, 0.2) is 16.6 Å². The first-order valence-electron chi connectivity index (χ1n) is 6.85. The fourth-order valence-electron chi connectivity index (χ4n) is 2.98. The molecule has 0 heterocycles. The number of carbonyl (C=O) groups is 1. The van der Waals surface area contributed by atoms with Crippen molar-refractivity contribution in [3.63, 3.8) is 0 Å². The zero-order chi connectivity index (χ0) is 14.0. The Morgan fingerprint density at radius 1 is 1.42 bits per heavy atom. The van der Waals surface area contributed by atoms with Gasteiger partial charge in [0.1, 0.15) is 0 Å². The van der Waals surface area contributed by atoms with E-state index in [1.807, 2.05) is 19.1 Å². The highest BCUT2D eigenvalue weighted by molar-refractivity contribution is 9.10. The summed E-state index contributed by atoms with van der Waals surface area (Å²) in [7, 11) is 0. The molecule has 0 atom stereocenters. The van der Waals surface area contributed by atoms with Gasteiger partial charge in [0.25, 0.3) is 0 Å². The van der Waals surface area contributed by atoms with Gasteiger partial charge in [-0.2, -0.15) is 0 Å². The lowest BCUT2D eigenvalue weighted by Crippen LogP contribution is -2.33. The smallest absolute Gasteiger partial charge is 0.230 e. The van der Waals surface area contributed by atoms with E-state index >= 15 is 0 Å². The van der Waals surface area contributed by atoms with E-state index in [0.717, 1.165) is 47.8 Å². The van der Waals surface area contributed by atoms with Crippen molar-refractivity contribution in [2.24, 2.45) is 5.41 Å². The molecule has 1 aliphatic carbocycles. The summed E-state index contributed by atoms with van der Waals surface area (Å²) in [6, 6.07) is 3.80. The first-order valence-corrected chi connectivity index (χ1v) is 7.65. The van der Waals surface area contributed by atoms with E-state index < -0.39 is 0 Å². The van der Waals surface area contributed by atoms with E-state index in [-0.39, 0.29) is 11.3 Å². The number of nitrogens with one attached hydrogen (secondary N) is 1. The molecular weight excluding hydrogens is 304 g/mol. The average Bonchev–Trinajstić information content (AvgIpc) is 2.83. The molecule has 3 N–H and O–H groups in total. The van der Waals surface area contributed by atoms with E-state index in [1.54, 1.807) is 0 Å². The molecule has 0 aliphatic heterocycles. The Morgan fingerprint density at radius 3 is 2.58 bits per heavy atom. The van der Waals surface area contributed by atoms with Crippen LogP contribution in [-0.2, 0) is 4.79 Å². The number of benzene rings is 1. The van der Waals surface area contributed by atoms with Crippen molar-refractivity contribution < 1.29 is 4.79 Å². The molecule has 3 nitrogen and oxygen atoms in total. The monoisotopic (exact) mass is 324 g/mol. The number of nitrogens with two attached hydrogens (primary N) is 1. The van der Waals surface area contributed by atoms with Crippen LogP contribution in [0.2, 0.25) is 0 Å². The number of nitrogen functional groups attached to an aromatic ring is 1. The second-order valence-corrected chi connectivity index (χ2v) is 6.40. The van der Waals surface area contributed by atoms with Crippen molar-refractivity contribution in [3.8, 4) is 0 Å². The fraction of sp³-hybridized carbons (Fsp3) is 0.533. The van der Waals surface area contributed by atoms with Crippen LogP contribution in [0, 0.1) is 12.3 Å². The van der Waals surface area contributed by atoms with Crippen molar-refractivity contribution in [2.75, 3.05) is 11.1 Å². The van der Waals surface area contributed by atoms with Gasteiger partial charge < -0.3 is 11.1 Å². The van der Waals surface area contributed by atoms with Gasteiger partial charge in [0.15, 0.2) is 0 Å². The molecule has 0 unspecified atom stereocenters. The molecule has 0 bridgehead atoms. The van der Waals surface area contributed by atoms with Gasteiger partial charge in [0.05, 0.1) is 11.4 Å². The third kappa shape index (κ3) is 2.78. The maximum Gasteiger partial charge on any atom is 0.230 e. The zero-order valence-corrected chi connectivity index (χ0v) is 13.1. The van der Waals surface area contributed by atoms with Gasteiger partial charge in [-0.15, -0.1) is 0 Å². The molecule has 1 aromatic rings. The van der Waals surface area contributed by atoms with Crippen LogP contribution in [0.1, 0.15) is 44.6 Å². The van der Waals surface area contributed by atoms with Gasteiger partial charge in [-0.3, -0.25) is 4.79 Å². The lowest BCUT2D eigenvalue weighted by atomic mass is 9.82. The molecule has 1 saturated carbocycles.